The summed E-state index contributed by atoms with van der Waals surface area (Å²) < 4.78 is 2.07. The molecule has 1 aliphatic rings. The highest BCUT2D eigenvalue weighted by atomic mass is 32.1. The number of rotatable bonds is 4. The Hall–Kier alpha value is -2.02. The lowest BCUT2D eigenvalue weighted by molar-refractivity contribution is -0.929. The van der Waals surface area contributed by atoms with Crippen LogP contribution in [0, 0.1) is 4.77 Å². The van der Waals surface area contributed by atoms with Gasteiger partial charge < -0.3 is 9.88 Å². The molecular formula is C19H20N3OS2+. The molecule has 0 fully saturated rings. The molecule has 2 N–H and O–H groups in total. The third-order valence-corrected chi connectivity index (χ3v) is 6.23. The molecule has 1 atom stereocenters. The second-order valence-corrected chi connectivity index (χ2v) is 7.92. The average molecular weight is 371 g/mol. The second-order valence-electron chi connectivity index (χ2n) is 6.43. The van der Waals surface area contributed by atoms with Gasteiger partial charge in [-0.1, -0.05) is 36.4 Å². The zero-order valence-corrected chi connectivity index (χ0v) is 15.5. The number of nitrogens with one attached hydrogen (secondary N) is 2. The predicted octanol–water partition coefficient (Wildman–Crippen LogP) is 2.45. The molecule has 0 saturated heterocycles. The largest absolute Gasteiger partial charge is 0.326 e. The van der Waals surface area contributed by atoms with Crippen LogP contribution in [0.4, 0.5) is 0 Å². The minimum atomic E-state index is 0.0164. The van der Waals surface area contributed by atoms with Crippen LogP contribution in [0.5, 0.6) is 0 Å². The topological polar surface area (TPSA) is 42.2 Å². The number of H-pyrrole nitrogens is 1. The molecule has 1 aliphatic heterocycles. The average Bonchev–Trinajstić information content (AvgIpc) is 2.96. The molecule has 4 rings (SSSR count). The van der Waals surface area contributed by atoms with Crippen molar-refractivity contribution in [2.45, 2.75) is 26.1 Å². The van der Waals surface area contributed by atoms with Crippen molar-refractivity contribution in [2.24, 2.45) is 0 Å². The lowest BCUT2D eigenvalue weighted by Gasteiger charge is -2.23. The molecule has 0 amide bonds. The van der Waals surface area contributed by atoms with Crippen LogP contribution in [0.25, 0.3) is 10.2 Å². The molecule has 0 saturated carbocycles. The SMILES string of the molecule is C=CCn1c(=S)[nH]c2sc3c(c2c1=O)CC[NH+](Cc1ccccc1)C3. The first-order chi connectivity index (χ1) is 12.2. The Kier molecular flexibility index (Phi) is 4.41. The zero-order valence-electron chi connectivity index (χ0n) is 13.9. The van der Waals surface area contributed by atoms with Crippen LogP contribution in [0.1, 0.15) is 16.0 Å². The summed E-state index contributed by atoms with van der Waals surface area (Å²) >= 11 is 7.03. The van der Waals surface area contributed by atoms with E-state index in [1.165, 1.54) is 20.9 Å². The van der Waals surface area contributed by atoms with Gasteiger partial charge in [0.25, 0.3) is 5.56 Å². The summed E-state index contributed by atoms with van der Waals surface area (Å²) in [7, 11) is 0. The van der Waals surface area contributed by atoms with Crippen LogP contribution >= 0.6 is 23.6 Å². The molecule has 0 bridgehead atoms. The number of aromatic nitrogens is 2. The smallest absolute Gasteiger partial charge is 0.263 e. The van der Waals surface area contributed by atoms with Crippen LogP contribution in [0.2, 0.25) is 0 Å². The highest BCUT2D eigenvalue weighted by Crippen LogP contribution is 2.29. The van der Waals surface area contributed by atoms with E-state index in [4.69, 9.17) is 12.2 Å². The molecule has 3 aromatic rings. The van der Waals surface area contributed by atoms with E-state index in [0.29, 0.717) is 11.3 Å². The first-order valence-electron chi connectivity index (χ1n) is 8.43. The van der Waals surface area contributed by atoms with E-state index in [1.807, 2.05) is 0 Å². The fourth-order valence-corrected chi connectivity index (χ4v) is 5.21. The monoisotopic (exact) mass is 370 g/mol. The Labute approximate surface area is 155 Å². The van der Waals surface area contributed by atoms with Gasteiger partial charge in [-0.3, -0.25) is 9.36 Å². The molecule has 0 radical (unpaired) electrons. The fraction of sp³-hybridized carbons (Fsp3) is 0.263. The maximum absolute atomic E-state index is 12.9. The molecule has 0 spiro atoms. The van der Waals surface area contributed by atoms with Crippen molar-refractivity contribution in [1.82, 2.24) is 9.55 Å². The van der Waals surface area contributed by atoms with Crippen molar-refractivity contribution >= 4 is 33.8 Å². The van der Waals surface area contributed by atoms with E-state index in [0.717, 1.165) is 36.3 Å². The van der Waals surface area contributed by atoms with E-state index < -0.39 is 0 Å². The molecule has 0 aliphatic carbocycles. The van der Waals surface area contributed by atoms with Gasteiger partial charge in [0.2, 0.25) is 0 Å². The van der Waals surface area contributed by atoms with Crippen LogP contribution in [-0.2, 0) is 26.1 Å². The number of quaternary nitrogens is 1. The number of benzene rings is 1. The van der Waals surface area contributed by atoms with Crippen molar-refractivity contribution in [1.29, 1.82) is 0 Å². The summed E-state index contributed by atoms with van der Waals surface area (Å²) in [5.74, 6) is 0. The van der Waals surface area contributed by atoms with Gasteiger partial charge >= 0.3 is 0 Å². The molecule has 4 nitrogen and oxygen atoms in total. The molecule has 128 valence electrons. The minimum absolute atomic E-state index is 0.0164. The fourth-order valence-electron chi connectivity index (χ4n) is 3.57. The first-order valence-corrected chi connectivity index (χ1v) is 9.65. The summed E-state index contributed by atoms with van der Waals surface area (Å²) in [6, 6.07) is 10.6. The lowest BCUT2D eigenvalue weighted by atomic mass is 10.0. The molecule has 3 heterocycles. The van der Waals surface area contributed by atoms with Crippen LogP contribution in [-0.4, -0.2) is 16.1 Å². The summed E-state index contributed by atoms with van der Waals surface area (Å²) in [4.78, 5) is 19.9. The van der Waals surface area contributed by atoms with Gasteiger partial charge in [-0.2, -0.15) is 0 Å². The lowest BCUT2D eigenvalue weighted by Crippen LogP contribution is -3.10. The van der Waals surface area contributed by atoms with E-state index in [-0.39, 0.29) is 5.56 Å². The summed E-state index contributed by atoms with van der Waals surface area (Å²) in [6.45, 7) is 7.20. The van der Waals surface area contributed by atoms with Crippen molar-refractivity contribution in [2.75, 3.05) is 6.54 Å². The molecule has 6 heteroatoms. The third kappa shape index (κ3) is 3.01. The van der Waals surface area contributed by atoms with Gasteiger partial charge in [0.15, 0.2) is 4.77 Å². The number of aromatic amines is 1. The van der Waals surface area contributed by atoms with E-state index >= 15 is 0 Å². The highest BCUT2D eigenvalue weighted by molar-refractivity contribution is 7.71. The van der Waals surface area contributed by atoms with Gasteiger partial charge in [0.05, 0.1) is 16.8 Å². The van der Waals surface area contributed by atoms with E-state index in [9.17, 15) is 4.79 Å². The Morgan fingerprint density at radius 3 is 2.92 bits per heavy atom. The maximum Gasteiger partial charge on any atom is 0.263 e. The molecule has 2 aromatic heterocycles. The zero-order chi connectivity index (χ0) is 17.4. The van der Waals surface area contributed by atoms with Crippen LogP contribution in [0.15, 0.2) is 47.8 Å². The van der Waals surface area contributed by atoms with Gasteiger partial charge in [-0.05, 0) is 17.8 Å². The number of thiophene rings is 1. The van der Waals surface area contributed by atoms with E-state index in [1.54, 1.807) is 22.0 Å². The number of nitrogens with zero attached hydrogens (tertiary/aromatic N) is 1. The number of allylic oxidation sites excluding steroid dienone is 1. The van der Waals surface area contributed by atoms with Crippen molar-refractivity contribution in [3.63, 3.8) is 0 Å². The van der Waals surface area contributed by atoms with Crippen molar-refractivity contribution in [3.05, 3.63) is 74.1 Å². The third-order valence-electron chi connectivity index (χ3n) is 4.76. The molecule has 1 unspecified atom stereocenters. The summed E-state index contributed by atoms with van der Waals surface area (Å²) in [6.07, 6.45) is 2.65. The minimum Gasteiger partial charge on any atom is -0.326 e. The maximum atomic E-state index is 12.9. The predicted molar refractivity (Wildman–Crippen MR) is 105 cm³/mol. The van der Waals surface area contributed by atoms with Crippen LogP contribution in [0.3, 0.4) is 0 Å². The highest BCUT2D eigenvalue weighted by Gasteiger charge is 2.26. The Balaban J connectivity index is 1.71. The Morgan fingerprint density at radius 1 is 1.36 bits per heavy atom. The van der Waals surface area contributed by atoms with Crippen LogP contribution < -0.4 is 10.5 Å². The summed E-state index contributed by atoms with van der Waals surface area (Å²) in [5.41, 5.74) is 2.59. The normalized spacial score (nSPS) is 16.7. The van der Waals surface area contributed by atoms with E-state index in [2.05, 4.69) is 41.9 Å². The standard InChI is InChI=1S/C19H19N3OS2/c1-2-9-22-18(23)16-14-8-10-21(11-13-6-4-3-5-7-13)12-15(14)25-17(16)20-19(22)24/h2-7H,1,8-12H2,(H,20,24)/p+1. The summed E-state index contributed by atoms with van der Waals surface area (Å²) in [5, 5.41) is 0.828. The molecule has 25 heavy (non-hydrogen) atoms. The van der Waals surface area contributed by atoms with Crippen molar-refractivity contribution < 1.29 is 4.90 Å². The molecule has 1 aromatic carbocycles. The Bertz CT molecular complexity index is 1050. The van der Waals surface area contributed by atoms with Crippen molar-refractivity contribution in [3.8, 4) is 0 Å². The van der Waals surface area contributed by atoms with Gasteiger partial charge in [0.1, 0.15) is 17.9 Å². The quantitative estimate of drug-likeness (QED) is 0.547. The molecular weight excluding hydrogens is 350 g/mol. The van der Waals surface area contributed by atoms with Gasteiger partial charge in [0, 0.05) is 18.5 Å². The first kappa shape index (κ1) is 16.4. The van der Waals surface area contributed by atoms with Gasteiger partial charge in [-0.25, -0.2) is 0 Å². The Morgan fingerprint density at radius 2 is 2.16 bits per heavy atom. The number of fused-ring (bicyclic) bond motifs is 3. The number of hydrogen-bond donors (Lipinski definition) is 2. The second kappa shape index (κ2) is 6.71. The number of hydrogen-bond acceptors (Lipinski definition) is 3. The van der Waals surface area contributed by atoms with Gasteiger partial charge in [-0.15, -0.1) is 17.9 Å².